The van der Waals surface area contributed by atoms with E-state index in [2.05, 4.69) is 40.0 Å². The maximum Gasteiger partial charge on any atom is 0.0471 e. The summed E-state index contributed by atoms with van der Waals surface area (Å²) in [6.45, 7) is 1.59. The van der Waals surface area contributed by atoms with Crippen LogP contribution in [0.5, 0.6) is 0 Å². The lowest BCUT2D eigenvalue weighted by atomic mass is 10.1. The molecule has 2 aromatic carbocycles. The monoisotopic (exact) mass is 338 g/mol. The first-order valence-electron chi connectivity index (χ1n) is 6.02. The van der Waals surface area contributed by atoms with Gasteiger partial charge in [-0.1, -0.05) is 45.7 Å². The normalized spacial score (nSPS) is 10.9. The van der Waals surface area contributed by atoms with E-state index >= 15 is 0 Å². The lowest BCUT2D eigenvalue weighted by Crippen LogP contribution is -2.18. The Kier molecular flexibility index (Phi) is 4.86. The predicted molar refractivity (Wildman–Crippen MR) is 85.2 cm³/mol. The molecule has 0 radical (unpaired) electrons. The highest BCUT2D eigenvalue weighted by atomic mass is 79.9. The van der Waals surface area contributed by atoms with E-state index in [9.17, 15) is 0 Å². The van der Waals surface area contributed by atoms with Crippen LogP contribution in [-0.4, -0.2) is 11.9 Å². The molecule has 0 atom stereocenters. The predicted octanol–water partition coefficient (Wildman–Crippen LogP) is 4.32. The highest BCUT2D eigenvalue weighted by molar-refractivity contribution is 9.10. The Morgan fingerprint density at radius 2 is 1.89 bits per heavy atom. The summed E-state index contributed by atoms with van der Waals surface area (Å²) in [5.74, 6) is 0. The molecule has 0 saturated heterocycles. The molecule has 0 aliphatic rings. The van der Waals surface area contributed by atoms with Crippen LogP contribution in [0.3, 0.4) is 0 Å². The summed E-state index contributed by atoms with van der Waals surface area (Å²) >= 11 is 9.67. The number of hydrogen-bond acceptors (Lipinski definition) is 2. The van der Waals surface area contributed by atoms with Crippen LogP contribution in [0.2, 0.25) is 5.02 Å². The molecule has 0 aliphatic carbocycles. The number of nitrogens with two attached hydrogens (primary N) is 1. The average Bonchev–Trinajstić information content (AvgIpc) is 2.34. The number of nitrogens with zero attached hydrogens (tertiary/aromatic N) is 1. The molecule has 0 saturated carbocycles. The Balaban J connectivity index is 2.07. The van der Waals surface area contributed by atoms with E-state index in [-0.39, 0.29) is 0 Å². The van der Waals surface area contributed by atoms with Gasteiger partial charge in [0.1, 0.15) is 0 Å². The van der Waals surface area contributed by atoms with Crippen molar-refractivity contribution in [3.8, 4) is 0 Å². The highest BCUT2D eigenvalue weighted by Crippen LogP contribution is 2.24. The van der Waals surface area contributed by atoms with Crippen molar-refractivity contribution in [3.63, 3.8) is 0 Å². The Hall–Kier alpha value is -1.03. The van der Waals surface area contributed by atoms with Crippen molar-refractivity contribution in [3.05, 3.63) is 63.1 Å². The molecule has 0 spiro atoms. The molecule has 0 amide bonds. The summed E-state index contributed by atoms with van der Waals surface area (Å²) in [5, 5.41) is 0.723. The molecule has 0 aromatic heterocycles. The van der Waals surface area contributed by atoms with Crippen LogP contribution in [0, 0.1) is 0 Å². The fourth-order valence-electron chi connectivity index (χ4n) is 2.01. The van der Waals surface area contributed by atoms with Gasteiger partial charge in [-0.25, -0.2) is 0 Å². The minimum atomic E-state index is 0.723. The van der Waals surface area contributed by atoms with Gasteiger partial charge in [0.05, 0.1) is 0 Å². The second kappa shape index (κ2) is 6.42. The quantitative estimate of drug-likeness (QED) is 0.841. The highest BCUT2D eigenvalue weighted by Gasteiger charge is 2.08. The van der Waals surface area contributed by atoms with Crippen molar-refractivity contribution in [1.29, 1.82) is 0 Å². The smallest absolute Gasteiger partial charge is 0.0471 e. The molecule has 19 heavy (non-hydrogen) atoms. The number of benzene rings is 2. The molecule has 4 heteroatoms. The van der Waals surface area contributed by atoms with Crippen molar-refractivity contribution in [2.24, 2.45) is 0 Å². The van der Waals surface area contributed by atoms with E-state index in [0.717, 1.165) is 33.8 Å². The van der Waals surface area contributed by atoms with E-state index in [4.69, 9.17) is 17.3 Å². The summed E-state index contributed by atoms with van der Waals surface area (Å²) in [6, 6.07) is 13.9. The summed E-state index contributed by atoms with van der Waals surface area (Å²) in [7, 11) is 2.06. The van der Waals surface area contributed by atoms with E-state index in [1.54, 1.807) is 0 Å². The van der Waals surface area contributed by atoms with Crippen molar-refractivity contribution < 1.29 is 0 Å². The van der Waals surface area contributed by atoms with Crippen LogP contribution in [-0.2, 0) is 13.1 Å². The van der Waals surface area contributed by atoms with E-state index < -0.39 is 0 Å². The van der Waals surface area contributed by atoms with Crippen LogP contribution < -0.4 is 5.73 Å². The van der Waals surface area contributed by atoms with Crippen molar-refractivity contribution in [2.75, 3.05) is 12.8 Å². The molecular formula is C15H16BrClN2. The molecule has 2 nitrogen and oxygen atoms in total. The number of nitrogen functional groups attached to an aromatic ring is 1. The van der Waals surface area contributed by atoms with Gasteiger partial charge in [0.2, 0.25) is 0 Å². The molecular weight excluding hydrogens is 324 g/mol. The van der Waals surface area contributed by atoms with Crippen molar-refractivity contribution >= 4 is 33.2 Å². The zero-order valence-corrected chi connectivity index (χ0v) is 13.1. The summed E-state index contributed by atoms with van der Waals surface area (Å²) < 4.78 is 1.09. The SMILES string of the molecule is CN(Cc1cccc(Br)c1)Cc1c(N)cccc1Cl. The van der Waals surface area contributed by atoms with Gasteiger partial charge in [0.15, 0.2) is 0 Å². The van der Waals surface area contributed by atoms with Gasteiger partial charge in [-0.05, 0) is 36.9 Å². The number of hydrogen-bond donors (Lipinski definition) is 1. The lowest BCUT2D eigenvalue weighted by molar-refractivity contribution is 0.319. The third-order valence-electron chi connectivity index (χ3n) is 2.92. The van der Waals surface area contributed by atoms with Crippen LogP contribution in [0.4, 0.5) is 5.69 Å². The first-order valence-corrected chi connectivity index (χ1v) is 7.19. The number of rotatable bonds is 4. The minimum Gasteiger partial charge on any atom is -0.398 e. The Morgan fingerprint density at radius 3 is 2.58 bits per heavy atom. The minimum absolute atomic E-state index is 0.723. The zero-order chi connectivity index (χ0) is 13.8. The van der Waals surface area contributed by atoms with E-state index in [1.807, 2.05) is 30.3 Å². The van der Waals surface area contributed by atoms with Crippen LogP contribution in [0.1, 0.15) is 11.1 Å². The third-order valence-corrected chi connectivity index (χ3v) is 3.77. The third kappa shape index (κ3) is 3.96. The topological polar surface area (TPSA) is 29.3 Å². The Labute approximate surface area is 127 Å². The maximum atomic E-state index is 6.19. The van der Waals surface area contributed by atoms with Gasteiger partial charge in [-0.3, -0.25) is 4.90 Å². The molecule has 0 heterocycles. The van der Waals surface area contributed by atoms with Gasteiger partial charge in [0.25, 0.3) is 0 Å². The maximum absolute atomic E-state index is 6.19. The second-order valence-corrected chi connectivity index (χ2v) is 5.93. The standard InChI is InChI=1S/C15H16BrClN2/c1-19(9-11-4-2-5-12(16)8-11)10-13-14(17)6-3-7-15(13)18/h2-8H,9-10,18H2,1H3. The molecule has 0 aliphatic heterocycles. The van der Waals surface area contributed by atoms with Gasteiger partial charge in [0, 0.05) is 33.8 Å². The molecule has 2 aromatic rings. The molecule has 0 unspecified atom stereocenters. The molecule has 100 valence electrons. The van der Waals surface area contributed by atoms with Crippen molar-refractivity contribution in [1.82, 2.24) is 4.90 Å². The number of halogens is 2. The zero-order valence-electron chi connectivity index (χ0n) is 10.7. The largest absolute Gasteiger partial charge is 0.398 e. The second-order valence-electron chi connectivity index (χ2n) is 4.61. The summed E-state index contributed by atoms with van der Waals surface area (Å²) in [4.78, 5) is 2.19. The molecule has 0 fully saturated rings. The first kappa shape index (κ1) is 14.4. The van der Waals surface area contributed by atoms with Crippen LogP contribution in [0.15, 0.2) is 46.9 Å². The van der Waals surface area contributed by atoms with Crippen molar-refractivity contribution in [2.45, 2.75) is 13.1 Å². The lowest BCUT2D eigenvalue weighted by Gasteiger charge is -2.19. The first-order chi connectivity index (χ1) is 9.06. The van der Waals surface area contributed by atoms with Gasteiger partial charge < -0.3 is 5.73 Å². The Bertz CT molecular complexity index is 552. The van der Waals surface area contributed by atoms with E-state index in [0.29, 0.717) is 0 Å². The number of anilines is 1. The van der Waals surface area contributed by atoms with Gasteiger partial charge >= 0.3 is 0 Å². The van der Waals surface area contributed by atoms with Gasteiger partial charge in [-0.2, -0.15) is 0 Å². The van der Waals surface area contributed by atoms with Gasteiger partial charge in [-0.15, -0.1) is 0 Å². The summed E-state index contributed by atoms with van der Waals surface area (Å²) in [5.41, 5.74) is 8.95. The molecule has 2 rings (SSSR count). The molecule has 0 bridgehead atoms. The van der Waals surface area contributed by atoms with Crippen LogP contribution >= 0.6 is 27.5 Å². The fourth-order valence-corrected chi connectivity index (χ4v) is 2.70. The van der Waals surface area contributed by atoms with Crippen LogP contribution in [0.25, 0.3) is 0 Å². The Morgan fingerprint density at radius 1 is 1.16 bits per heavy atom. The summed E-state index contributed by atoms with van der Waals surface area (Å²) in [6.07, 6.45) is 0. The van der Waals surface area contributed by atoms with E-state index in [1.165, 1.54) is 5.56 Å². The average molecular weight is 340 g/mol. The molecule has 2 N–H and O–H groups in total. The fraction of sp³-hybridized carbons (Fsp3) is 0.200.